The van der Waals surface area contributed by atoms with Gasteiger partial charge in [0, 0.05) is 25.1 Å². The van der Waals surface area contributed by atoms with Crippen LogP contribution in [0.3, 0.4) is 0 Å². The summed E-state index contributed by atoms with van der Waals surface area (Å²) in [5, 5.41) is 0.757. The Balaban J connectivity index is 2.16. The highest BCUT2D eigenvalue weighted by Gasteiger charge is 2.18. The second-order valence-corrected chi connectivity index (χ2v) is 6.03. The van der Waals surface area contributed by atoms with Gasteiger partial charge in [0.05, 0.1) is 10.2 Å². The number of hydrogen-bond acceptors (Lipinski definition) is 4. The Morgan fingerprint density at radius 1 is 1.25 bits per heavy atom. The van der Waals surface area contributed by atoms with Gasteiger partial charge in [-0.1, -0.05) is 0 Å². The first-order valence-electron chi connectivity index (χ1n) is 6.31. The second kappa shape index (κ2) is 5.95. The minimum absolute atomic E-state index is 0.0681. The van der Waals surface area contributed by atoms with Crippen LogP contribution in [0, 0.1) is 9.39 Å². The number of aromatic nitrogens is 2. The van der Waals surface area contributed by atoms with Crippen molar-refractivity contribution in [3.63, 3.8) is 0 Å². The van der Waals surface area contributed by atoms with Crippen LogP contribution < -0.4 is 4.90 Å². The summed E-state index contributed by atoms with van der Waals surface area (Å²) in [7, 11) is 0. The van der Waals surface area contributed by atoms with E-state index >= 15 is 0 Å². The zero-order valence-corrected chi connectivity index (χ0v) is 13.5. The first-order valence-corrected chi connectivity index (χ1v) is 7.76. The van der Waals surface area contributed by atoms with Crippen LogP contribution in [0.5, 0.6) is 0 Å². The van der Waals surface area contributed by atoms with Gasteiger partial charge >= 0.3 is 0 Å². The van der Waals surface area contributed by atoms with Crippen molar-refractivity contribution in [3.05, 3.63) is 26.8 Å². The highest BCUT2D eigenvalue weighted by molar-refractivity contribution is 14.1. The summed E-state index contributed by atoms with van der Waals surface area (Å²) in [5.74, 6) is 0.334. The van der Waals surface area contributed by atoms with Crippen molar-refractivity contribution in [3.8, 4) is 0 Å². The molecule has 4 nitrogen and oxygen atoms in total. The maximum absolute atomic E-state index is 14.2. The lowest BCUT2D eigenvalue weighted by Crippen LogP contribution is -2.27. The van der Waals surface area contributed by atoms with Crippen molar-refractivity contribution in [1.82, 2.24) is 9.97 Å². The highest BCUT2D eigenvalue weighted by Crippen LogP contribution is 2.29. The van der Waals surface area contributed by atoms with Gasteiger partial charge in [0.15, 0.2) is 5.82 Å². The van der Waals surface area contributed by atoms with Crippen LogP contribution in [0.4, 0.5) is 10.2 Å². The Morgan fingerprint density at radius 3 is 2.95 bits per heavy atom. The molecule has 0 atom stereocenters. The molecule has 1 aliphatic heterocycles. The fourth-order valence-electron chi connectivity index (χ4n) is 2.29. The molecule has 3 rings (SSSR count). The standard InChI is InChI=1S/C13H12ClFIN3O/c14-13-17-11-8(2-3-9(16)10(11)15)12(18-13)19-4-1-6-20-7-5-19/h2-3H,1,4-7H2. The van der Waals surface area contributed by atoms with Crippen molar-refractivity contribution in [2.24, 2.45) is 0 Å². The largest absolute Gasteiger partial charge is 0.380 e. The van der Waals surface area contributed by atoms with Gasteiger partial charge in [-0.05, 0) is 52.7 Å². The number of rotatable bonds is 1. The molecular weight excluding hydrogens is 396 g/mol. The van der Waals surface area contributed by atoms with Gasteiger partial charge in [-0.2, -0.15) is 4.98 Å². The molecule has 1 saturated heterocycles. The molecule has 20 heavy (non-hydrogen) atoms. The fraction of sp³-hybridized carbons (Fsp3) is 0.385. The first kappa shape index (κ1) is 14.2. The summed E-state index contributed by atoms with van der Waals surface area (Å²) in [6.07, 6.45) is 0.913. The maximum Gasteiger partial charge on any atom is 0.225 e. The molecule has 1 aliphatic rings. The molecule has 7 heteroatoms. The molecule has 1 aromatic heterocycles. The van der Waals surface area contributed by atoms with Crippen molar-refractivity contribution in [1.29, 1.82) is 0 Å². The molecule has 1 aromatic carbocycles. The number of hydrogen-bond donors (Lipinski definition) is 0. The minimum Gasteiger partial charge on any atom is -0.380 e. The average Bonchev–Trinajstić information content (AvgIpc) is 2.71. The Bertz CT molecular complexity index is 647. The van der Waals surface area contributed by atoms with Crippen LogP contribution in [0.25, 0.3) is 10.9 Å². The van der Waals surface area contributed by atoms with Gasteiger partial charge in [0.2, 0.25) is 5.28 Å². The third kappa shape index (κ3) is 2.68. The van der Waals surface area contributed by atoms with Crippen LogP contribution in [0.15, 0.2) is 12.1 Å². The quantitative estimate of drug-likeness (QED) is 0.537. The van der Waals surface area contributed by atoms with E-state index < -0.39 is 0 Å². The van der Waals surface area contributed by atoms with E-state index in [1.807, 2.05) is 28.7 Å². The topological polar surface area (TPSA) is 38.2 Å². The molecule has 0 saturated carbocycles. The lowest BCUT2D eigenvalue weighted by atomic mass is 10.2. The molecule has 0 N–H and O–H groups in total. The molecule has 0 radical (unpaired) electrons. The highest BCUT2D eigenvalue weighted by atomic mass is 127. The van der Waals surface area contributed by atoms with Crippen molar-refractivity contribution >= 4 is 50.9 Å². The SMILES string of the molecule is Fc1c(I)ccc2c(N3CCCOCC3)nc(Cl)nc12. The maximum atomic E-state index is 14.2. The van der Waals surface area contributed by atoms with E-state index in [-0.39, 0.29) is 16.6 Å². The smallest absolute Gasteiger partial charge is 0.225 e. The lowest BCUT2D eigenvalue weighted by Gasteiger charge is -2.22. The van der Waals surface area contributed by atoms with Crippen LogP contribution in [0.2, 0.25) is 5.28 Å². The van der Waals surface area contributed by atoms with E-state index in [0.29, 0.717) is 21.4 Å². The van der Waals surface area contributed by atoms with E-state index in [0.717, 1.165) is 26.1 Å². The Kier molecular flexibility index (Phi) is 4.23. The van der Waals surface area contributed by atoms with Gasteiger partial charge in [0.25, 0.3) is 0 Å². The summed E-state index contributed by atoms with van der Waals surface area (Å²) in [4.78, 5) is 10.4. The molecule has 0 unspecified atom stereocenters. The zero-order valence-electron chi connectivity index (χ0n) is 10.6. The summed E-state index contributed by atoms with van der Waals surface area (Å²) in [5.41, 5.74) is 0.275. The van der Waals surface area contributed by atoms with E-state index in [1.165, 1.54) is 0 Å². The van der Waals surface area contributed by atoms with E-state index in [9.17, 15) is 4.39 Å². The van der Waals surface area contributed by atoms with Crippen molar-refractivity contribution in [2.75, 3.05) is 31.2 Å². The molecule has 1 fully saturated rings. The lowest BCUT2D eigenvalue weighted by molar-refractivity contribution is 0.152. The van der Waals surface area contributed by atoms with Gasteiger partial charge in [0.1, 0.15) is 11.3 Å². The molecular formula is C13H12ClFIN3O. The summed E-state index contributed by atoms with van der Waals surface area (Å²) < 4.78 is 20.2. The van der Waals surface area contributed by atoms with Crippen LogP contribution in [0.1, 0.15) is 6.42 Å². The zero-order chi connectivity index (χ0) is 14.1. The number of anilines is 1. The Hall–Kier alpha value is -0.730. The van der Waals surface area contributed by atoms with Gasteiger partial charge in [-0.25, -0.2) is 9.37 Å². The average molecular weight is 408 g/mol. The van der Waals surface area contributed by atoms with Crippen LogP contribution >= 0.6 is 34.2 Å². The van der Waals surface area contributed by atoms with E-state index in [4.69, 9.17) is 16.3 Å². The second-order valence-electron chi connectivity index (χ2n) is 4.53. The van der Waals surface area contributed by atoms with Crippen LogP contribution in [-0.4, -0.2) is 36.3 Å². The van der Waals surface area contributed by atoms with Gasteiger partial charge in [-0.15, -0.1) is 0 Å². The molecule has 2 heterocycles. The van der Waals surface area contributed by atoms with Crippen molar-refractivity contribution in [2.45, 2.75) is 6.42 Å². The van der Waals surface area contributed by atoms with Crippen LogP contribution in [-0.2, 0) is 4.74 Å². The number of ether oxygens (including phenoxy) is 1. The number of benzene rings is 1. The molecule has 2 aromatic rings. The number of halogens is 3. The number of nitrogens with zero attached hydrogens (tertiary/aromatic N) is 3. The minimum atomic E-state index is -0.347. The predicted molar refractivity (Wildman–Crippen MR) is 84.9 cm³/mol. The fourth-order valence-corrected chi connectivity index (χ4v) is 2.89. The van der Waals surface area contributed by atoms with E-state index in [2.05, 4.69) is 14.9 Å². The van der Waals surface area contributed by atoms with Crippen molar-refractivity contribution < 1.29 is 9.13 Å². The Labute approximate surface area is 134 Å². The predicted octanol–water partition coefficient (Wildman–Crippen LogP) is 3.25. The summed E-state index contributed by atoms with van der Waals surface area (Å²) in [6, 6.07) is 3.57. The Morgan fingerprint density at radius 2 is 2.10 bits per heavy atom. The summed E-state index contributed by atoms with van der Waals surface area (Å²) >= 11 is 7.90. The third-order valence-electron chi connectivity index (χ3n) is 3.23. The molecule has 0 bridgehead atoms. The normalized spacial score (nSPS) is 16.4. The van der Waals surface area contributed by atoms with Gasteiger partial charge in [-0.3, -0.25) is 0 Å². The molecule has 0 amide bonds. The molecule has 106 valence electrons. The first-order chi connectivity index (χ1) is 9.66. The molecule has 0 spiro atoms. The monoisotopic (exact) mass is 407 g/mol. The summed E-state index contributed by atoms with van der Waals surface area (Å²) in [6.45, 7) is 2.90. The molecule has 0 aliphatic carbocycles. The van der Waals surface area contributed by atoms with E-state index in [1.54, 1.807) is 6.07 Å². The number of fused-ring (bicyclic) bond motifs is 1. The third-order valence-corrected chi connectivity index (χ3v) is 4.24. The van der Waals surface area contributed by atoms with Gasteiger partial charge < -0.3 is 9.64 Å².